The zero-order chi connectivity index (χ0) is 22.9. The Hall–Kier alpha value is -3.78. The number of benzene rings is 2. The summed E-state index contributed by atoms with van der Waals surface area (Å²) in [7, 11) is 1.81. The molecule has 1 N–H and O–H groups in total. The van der Waals surface area contributed by atoms with Crippen LogP contribution in [0.1, 0.15) is 33.3 Å². The molecule has 1 amide bonds. The number of nitrogens with zero attached hydrogens (tertiary/aromatic N) is 1. The molecule has 168 valence electrons. The van der Waals surface area contributed by atoms with Gasteiger partial charge in [0, 0.05) is 19.2 Å². The standard InChI is InChI=1S/C25H22N2O5S/c1-15-3-6-17(7-4-15)23(32-25(29)19-12-22-18(27(19)2)9-10-33-22)24(28)26-13-16-5-8-20-21(11-16)31-14-30-20/h3-12,23H,13-14H2,1-2H3,(H,26,28). The minimum atomic E-state index is -1.08. The van der Waals surface area contributed by atoms with Crippen LogP contribution in [0.15, 0.2) is 60.0 Å². The minimum absolute atomic E-state index is 0.188. The van der Waals surface area contributed by atoms with Crippen molar-refractivity contribution >= 4 is 33.4 Å². The van der Waals surface area contributed by atoms with Gasteiger partial charge in [0.1, 0.15) is 5.69 Å². The Morgan fingerprint density at radius 1 is 1.09 bits per heavy atom. The molecule has 0 fully saturated rings. The molecule has 8 heteroatoms. The lowest BCUT2D eigenvalue weighted by Gasteiger charge is -2.19. The van der Waals surface area contributed by atoms with Crippen molar-refractivity contribution in [2.75, 3.05) is 6.79 Å². The van der Waals surface area contributed by atoms with Crippen molar-refractivity contribution in [3.63, 3.8) is 0 Å². The molecule has 2 aromatic carbocycles. The predicted molar refractivity (Wildman–Crippen MR) is 125 cm³/mol. The van der Waals surface area contributed by atoms with Gasteiger partial charge in [-0.2, -0.15) is 0 Å². The van der Waals surface area contributed by atoms with E-state index >= 15 is 0 Å². The van der Waals surface area contributed by atoms with Crippen LogP contribution in [0, 0.1) is 6.92 Å². The maximum absolute atomic E-state index is 13.2. The summed E-state index contributed by atoms with van der Waals surface area (Å²) in [5.41, 5.74) is 3.85. The predicted octanol–water partition coefficient (Wildman–Crippen LogP) is 4.49. The number of esters is 1. The van der Waals surface area contributed by atoms with Crippen molar-refractivity contribution in [3.8, 4) is 11.5 Å². The number of hydrogen-bond acceptors (Lipinski definition) is 6. The van der Waals surface area contributed by atoms with Gasteiger partial charge in [-0.05, 0) is 42.1 Å². The lowest BCUT2D eigenvalue weighted by molar-refractivity contribution is -0.130. The monoisotopic (exact) mass is 462 g/mol. The van der Waals surface area contributed by atoms with Gasteiger partial charge in [0.2, 0.25) is 12.9 Å². The van der Waals surface area contributed by atoms with Crippen LogP contribution >= 0.6 is 11.3 Å². The summed E-state index contributed by atoms with van der Waals surface area (Å²) in [4.78, 5) is 26.2. The number of aromatic nitrogens is 1. The van der Waals surface area contributed by atoms with E-state index in [0.29, 0.717) is 22.8 Å². The summed E-state index contributed by atoms with van der Waals surface area (Å²) >= 11 is 1.55. The molecule has 5 rings (SSSR count). The second-order valence-electron chi connectivity index (χ2n) is 7.86. The highest BCUT2D eigenvalue weighted by atomic mass is 32.1. The summed E-state index contributed by atoms with van der Waals surface area (Å²) < 4.78 is 19.3. The average molecular weight is 463 g/mol. The maximum Gasteiger partial charge on any atom is 0.356 e. The summed E-state index contributed by atoms with van der Waals surface area (Å²) in [5, 5.41) is 4.85. The first-order valence-electron chi connectivity index (χ1n) is 10.5. The van der Waals surface area contributed by atoms with Crippen molar-refractivity contribution in [2.24, 2.45) is 7.05 Å². The number of carbonyl (C=O) groups is 2. The molecule has 0 saturated carbocycles. The Morgan fingerprint density at radius 2 is 1.88 bits per heavy atom. The smallest absolute Gasteiger partial charge is 0.356 e. The van der Waals surface area contributed by atoms with E-state index in [2.05, 4.69) is 5.32 Å². The van der Waals surface area contributed by atoms with Gasteiger partial charge < -0.3 is 24.1 Å². The Morgan fingerprint density at radius 3 is 2.67 bits per heavy atom. The Balaban J connectivity index is 1.36. The summed E-state index contributed by atoms with van der Waals surface area (Å²) in [6, 6.07) is 16.6. The van der Waals surface area contributed by atoms with E-state index in [1.165, 1.54) is 0 Å². The number of fused-ring (bicyclic) bond motifs is 2. The molecule has 0 bridgehead atoms. The number of carbonyl (C=O) groups excluding carboxylic acids is 2. The molecule has 1 atom stereocenters. The quantitative estimate of drug-likeness (QED) is 0.427. The summed E-state index contributed by atoms with van der Waals surface area (Å²) in [6.07, 6.45) is -1.08. The van der Waals surface area contributed by atoms with Crippen LogP contribution in [-0.4, -0.2) is 23.2 Å². The molecular weight excluding hydrogens is 440 g/mol. The van der Waals surface area contributed by atoms with Crippen molar-refractivity contribution in [1.29, 1.82) is 0 Å². The van der Waals surface area contributed by atoms with Gasteiger partial charge in [-0.1, -0.05) is 35.9 Å². The normalized spacial score (nSPS) is 13.2. The Labute approximate surface area is 194 Å². The highest BCUT2D eigenvalue weighted by molar-refractivity contribution is 7.17. The largest absolute Gasteiger partial charge is 0.454 e. The van der Waals surface area contributed by atoms with E-state index < -0.39 is 18.0 Å². The summed E-state index contributed by atoms with van der Waals surface area (Å²) in [5.74, 6) is 0.372. The van der Waals surface area contributed by atoms with Gasteiger partial charge in [-0.25, -0.2) is 4.79 Å². The fourth-order valence-corrected chi connectivity index (χ4v) is 4.61. The first kappa shape index (κ1) is 21.1. The van der Waals surface area contributed by atoms with Gasteiger partial charge in [-0.15, -0.1) is 11.3 Å². The van der Waals surface area contributed by atoms with Crippen molar-refractivity contribution < 1.29 is 23.8 Å². The number of rotatable bonds is 6. The van der Waals surface area contributed by atoms with Crippen molar-refractivity contribution in [3.05, 3.63) is 82.4 Å². The SMILES string of the molecule is Cc1ccc(C(OC(=O)c2cc3sccc3n2C)C(=O)NCc2ccc3c(c2)OCO3)cc1. The number of hydrogen-bond donors (Lipinski definition) is 1. The van der Waals surface area contributed by atoms with E-state index in [9.17, 15) is 9.59 Å². The lowest BCUT2D eigenvalue weighted by atomic mass is 10.1. The third-order valence-corrected chi connectivity index (χ3v) is 6.47. The zero-order valence-electron chi connectivity index (χ0n) is 18.2. The fraction of sp³-hybridized carbons (Fsp3) is 0.200. The van der Waals surface area contributed by atoms with Crippen LogP contribution in [0.3, 0.4) is 0 Å². The van der Waals surface area contributed by atoms with Crippen LogP contribution < -0.4 is 14.8 Å². The number of thiophene rings is 1. The van der Waals surface area contributed by atoms with E-state index in [4.69, 9.17) is 14.2 Å². The molecule has 4 aromatic rings. The number of nitrogens with one attached hydrogen (secondary N) is 1. The maximum atomic E-state index is 13.2. The third-order valence-electron chi connectivity index (χ3n) is 5.62. The van der Waals surface area contributed by atoms with Gasteiger partial charge in [-0.3, -0.25) is 4.79 Å². The van der Waals surface area contributed by atoms with E-state index in [1.807, 2.05) is 55.7 Å². The first-order chi connectivity index (χ1) is 16.0. The van der Waals surface area contributed by atoms with E-state index in [0.717, 1.165) is 21.3 Å². The van der Waals surface area contributed by atoms with E-state index in [1.54, 1.807) is 34.1 Å². The van der Waals surface area contributed by atoms with Crippen LogP contribution in [0.25, 0.3) is 10.2 Å². The number of amides is 1. The molecule has 7 nitrogen and oxygen atoms in total. The van der Waals surface area contributed by atoms with Gasteiger partial charge in [0.05, 0.1) is 10.2 Å². The molecule has 1 aliphatic rings. The second kappa shape index (κ2) is 8.63. The zero-order valence-corrected chi connectivity index (χ0v) is 19.0. The highest BCUT2D eigenvalue weighted by Crippen LogP contribution is 2.32. The van der Waals surface area contributed by atoms with Crippen LogP contribution in [0.2, 0.25) is 0 Å². The van der Waals surface area contributed by atoms with Gasteiger partial charge >= 0.3 is 5.97 Å². The van der Waals surface area contributed by atoms with Crippen molar-refractivity contribution in [2.45, 2.75) is 19.6 Å². The molecule has 1 unspecified atom stereocenters. The molecule has 0 saturated heterocycles. The fourth-order valence-electron chi connectivity index (χ4n) is 3.76. The summed E-state index contributed by atoms with van der Waals surface area (Å²) in [6.45, 7) is 2.41. The molecule has 33 heavy (non-hydrogen) atoms. The number of ether oxygens (including phenoxy) is 3. The molecule has 3 heterocycles. The van der Waals surface area contributed by atoms with Crippen molar-refractivity contribution in [1.82, 2.24) is 9.88 Å². The number of aryl methyl sites for hydroxylation is 2. The van der Waals surface area contributed by atoms with E-state index in [-0.39, 0.29) is 13.3 Å². The average Bonchev–Trinajstić information content (AvgIpc) is 3.54. The topological polar surface area (TPSA) is 78.8 Å². The van der Waals surface area contributed by atoms with Crippen LogP contribution in [0.4, 0.5) is 0 Å². The molecule has 0 spiro atoms. The molecule has 0 radical (unpaired) electrons. The molecule has 1 aliphatic heterocycles. The first-order valence-corrected chi connectivity index (χ1v) is 11.3. The highest BCUT2D eigenvalue weighted by Gasteiger charge is 2.27. The molecule has 0 aliphatic carbocycles. The molecule has 2 aromatic heterocycles. The Kier molecular flexibility index (Phi) is 5.51. The van der Waals surface area contributed by atoms with Gasteiger partial charge in [0.15, 0.2) is 11.5 Å². The lowest BCUT2D eigenvalue weighted by Crippen LogP contribution is -2.32. The minimum Gasteiger partial charge on any atom is -0.454 e. The molecular formula is C25H22N2O5S. The van der Waals surface area contributed by atoms with Crippen LogP contribution in [0.5, 0.6) is 11.5 Å². The third kappa shape index (κ3) is 4.17. The van der Waals surface area contributed by atoms with Crippen LogP contribution in [-0.2, 0) is 23.1 Å². The Bertz CT molecular complexity index is 1340. The van der Waals surface area contributed by atoms with Gasteiger partial charge in [0.25, 0.3) is 5.91 Å². The second-order valence-corrected chi connectivity index (χ2v) is 8.81.